The minimum absolute atomic E-state index is 0.655. The van der Waals surface area contributed by atoms with Gasteiger partial charge in [-0.05, 0) is 30.3 Å². The van der Waals surface area contributed by atoms with Gasteiger partial charge in [0.2, 0.25) is 0 Å². The third kappa shape index (κ3) is 2.50. The topological polar surface area (TPSA) is 52.8 Å². The monoisotopic (exact) mass is 316 g/mol. The minimum atomic E-state index is 0.655. The van der Waals surface area contributed by atoms with Gasteiger partial charge in [-0.25, -0.2) is 9.97 Å². The predicted octanol–water partition coefficient (Wildman–Crippen LogP) is 3.41. The van der Waals surface area contributed by atoms with Crippen molar-refractivity contribution in [3.8, 4) is 11.4 Å². The van der Waals surface area contributed by atoms with E-state index in [0.29, 0.717) is 6.42 Å². The van der Waals surface area contributed by atoms with E-state index >= 15 is 0 Å². The van der Waals surface area contributed by atoms with Crippen molar-refractivity contribution in [2.45, 2.75) is 6.42 Å². The first-order chi connectivity index (χ1) is 11.9. The first-order valence-corrected chi connectivity index (χ1v) is 7.71. The second-order valence-corrected chi connectivity index (χ2v) is 5.40. The number of rotatable bonds is 4. The molecular formula is C19H16N4O. The Hall–Kier alpha value is -3.21. The maximum atomic E-state index is 5.47. The molecule has 24 heavy (non-hydrogen) atoms. The van der Waals surface area contributed by atoms with Crippen molar-refractivity contribution in [3.63, 3.8) is 0 Å². The Labute approximate surface area is 139 Å². The van der Waals surface area contributed by atoms with Crippen LogP contribution in [0.5, 0.6) is 5.75 Å². The highest BCUT2D eigenvalue weighted by Gasteiger charge is 2.15. The molecule has 5 nitrogen and oxygen atoms in total. The molecule has 4 rings (SSSR count). The summed E-state index contributed by atoms with van der Waals surface area (Å²) in [6.07, 6.45) is 5.99. The van der Waals surface area contributed by atoms with Gasteiger partial charge in [0.1, 0.15) is 17.1 Å². The minimum Gasteiger partial charge on any atom is -0.496 e. The first-order valence-electron chi connectivity index (χ1n) is 7.71. The number of nitrogens with zero attached hydrogens (tertiary/aromatic N) is 4. The molecule has 0 saturated carbocycles. The highest BCUT2D eigenvalue weighted by molar-refractivity contribution is 5.74. The summed E-state index contributed by atoms with van der Waals surface area (Å²) < 4.78 is 7.55. The molecule has 0 atom stereocenters. The molecule has 3 aromatic heterocycles. The first kappa shape index (κ1) is 14.4. The Morgan fingerprint density at radius 3 is 2.62 bits per heavy atom. The Bertz CT molecular complexity index is 979. The number of methoxy groups -OCH3 is 1. The van der Waals surface area contributed by atoms with Crippen molar-refractivity contribution >= 4 is 11.2 Å². The van der Waals surface area contributed by atoms with Gasteiger partial charge >= 0.3 is 0 Å². The molecule has 0 aliphatic heterocycles. The van der Waals surface area contributed by atoms with E-state index in [0.717, 1.165) is 34.0 Å². The van der Waals surface area contributed by atoms with Crippen molar-refractivity contribution in [3.05, 3.63) is 78.5 Å². The van der Waals surface area contributed by atoms with Gasteiger partial charge in [0.15, 0.2) is 5.65 Å². The molecule has 0 fully saturated rings. The lowest BCUT2D eigenvalue weighted by molar-refractivity contribution is 0.410. The second-order valence-electron chi connectivity index (χ2n) is 5.40. The molecule has 0 saturated heterocycles. The van der Waals surface area contributed by atoms with Gasteiger partial charge in [0, 0.05) is 30.6 Å². The van der Waals surface area contributed by atoms with Crippen molar-refractivity contribution in [2.75, 3.05) is 7.11 Å². The summed E-state index contributed by atoms with van der Waals surface area (Å²) in [6, 6.07) is 15.8. The van der Waals surface area contributed by atoms with E-state index in [1.54, 1.807) is 25.7 Å². The van der Waals surface area contributed by atoms with Crippen LogP contribution in [0.3, 0.4) is 0 Å². The van der Waals surface area contributed by atoms with Crippen LogP contribution in [0.4, 0.5) is 0 Å². The molecule has 4 aromatic rings. The van der Waals surface area contributed by atoms with Crippen LogP contribution in [0.1, 0.15) is 11.4 Å². The largest absolute Gasteiger partial charge is 0.496 e. The highest BCUT2D eigenvalue weighted by atomic mass is 16.5. The summed E-state index contributed by atoms with van der Waals surface area (Å²) in [5, 5.41) is 0. The number of para-hydroxylation sites is 1. The number of pyridine rings is 2. The third-order valence-electron chi connectivity index (χ3n) is 3.95. The second kappa shape index (κ2) is 6.12. The molecule has 0 spiro atoms. The summed E-state index contributed by atoms with van der Waals surface area (Å²) in [7, 11) is 1.69. The van der Waals surface area contributed by atoms with Crippen LogP contribution in [0.25, 0.3) is 16.9 Å². The van der Waals surface area contributed by atoms with Crippen LogP contribution in [0.2, 0.25) is 0 Å². The molecule has 0 aliphatic carbocycles. The zero-order valence-corrected chi connectivity index (χ0v) is 13.3. The molecule has 118 valence electrons. The van der Waals surface area contributed by atoms with Gasteiger partial charge in [-0.1, -0.05) is 18.2 Å². The van der Waals surface area contributed by atoms with E-state index in [1.807, 2.05) is 42.5 Å². The van der Waals surface area contributed by atoms with Crippen molar-refractivity contribution < 1.29 is 4.74 Å². The van der Waals surface area contributed by atoms with Gasteiger partial charge in [0.25, 0.3) is 0 Å². The van der Waals surface area contributed by atoms with Crippen LogP contribution < -0.4 is 4.74 Å². The van der Waals surface area contributed by atoms with Gasteiger partial charge in [0.05, 0.1) is 12.8 Å². The van der Waals surface area contributed by atoms with Crippen LogP contribution >= 0.6 is 0 Å². The zero-order chi connectivity index (χ0) is 16.4. The maximum absolute atomic E-state index is 5.47. The van der Waals surface area contributed by atoms with E-state index < -0.39 is 0 Å². The number of benzene rings is 1. The molecule has 0 amide bonds. The summed E-state index contributed by atoms with van der Waals surface area (Å²) >= 11 is 0. The predicted molar refractivity (Wildman–Crippen MR) is 92.5 cm³/mol. The quantitative estimate of drug-likeness (QED) is 0.579. The number of fused-ring (bicyclic) bond motifs is 1. The molecule has 1 aromatic carbocycles. The molecule has 3 heterocycles. The standard InChI is InChI=1S/C19H16N4O/c1-24-17-7-3-2-5-14(17)13-18-22-16-6-4-10-21-19(16)23(18)15-8-11-20-12-9-15/h2-12H,13H2,1H3. The molecule has 0 radical (unpaired) electrons. The van der Waals surface area contributed by atoms with Crippen molar-refractivity contribution in [1.29, 1.82) is 0 Å². The van der Waals surface area contributed by atoms with E-state index in [-0.39, 0.29) is 0 Å². The lowest BCUT2D eigenvalue weighted by Gasteiger charge is -2.10. The Morgan fingerprint density at radius 2 is 1.79 bits per heavy atom. The number of hydrogen-bond acceptors (Lipinski definition) is 4. The number of aromatic nitrogens is 4. The van der Waals surface area contributed by atoms with Crippen molar-refractivity contribution in [2.24, 2.45) is 0 Å². The Kier molecular flexibility index (Phi) is 3.67. The highest BCUT2D eigenvalue weighted by Crippen LogP contribution is 2.25. The maximum Gasteiger partial charge on any atom is 0.164 e. The molecule has 0 N–H and O–H groups in total. The number of hydrogen-bond donors (Lipinski definition) is 0. The van der Waals surface area contributed by atoms with Gasteiger partial charge in [-0.2, -0.15) is 0 Å². The van der Waals surface area contributed by atoms with Gasteiger partial charge in [-0.15, -0.1) is 0 Å². The van der Waals surface area contributed by atoms with Crippen LogP contribution in [-0.4, -0.2) is 26.6 Å². The van der Waals surface area contributed by atoms with Gasteiger partial charge in [-0.3, -0.25) is 9.55 Å². The normalized spacial score (nSPS) is 10.9. The number of imidazole rings is 1. The van der Waals surface area contributed by atoms with E-state index in [2.05, 4.69) is 20.6 Å². The van der Waals surface area contributed by atoms with Gasteiger partial charge < -0.3 is 4.74 Å². The molecule has 5 heteroatoms. The van der Waals surface area contributed by atoms with Crippen LogP contribution in [-0.2, 0) is 6.42 Å². The SMILES string of the molecule is COc1ccccc1Cc1nc2cccnc2n1-c1ccncc1. The fourth-order valence-electron chi connectivity index (χ4n) is 2.86. The lowest BCUT2D eigenvalue weighted by atomic mass is 10.1. The molecule has 0 aliphatic rings. The fraction of sp³-hybridized carbons (Fsp3) is 0.105. The van der Waals surface area contributed by atoms with Crippen LogP contribution in [0.15, 0.2) is 67.1 Å². The molecule has 0 bridgehead atoms. The van der Waals surface area contributed by atoms with Crippen LogP contribution in [0, 0.1) is 0 Å². The zero-order valence-electron chi connectivity index (χ0n) is 13.3. The Balaban J connectivity index is 1.89. The Morgan fingerprint density at radius 1 is 0.958 bits per heavy atom. The third-order valence-corrected chi connectivity index (χ3v) is 3.95. The fourth-order valence-corrected chi connectivity index (χ4v) is 2.86. The average molecular weight is 316 g/mol. The van der Waals surface area contributed by atoms with E-state index in [1.165, 1.54) is 0 Å². The summed E-state index contributed by atoms with van der Waals surface area (Å²) in [6.45, 7) is 0. The lowest BCUT2D eigenvalue weighted by Crippen LogP contribution is -2.04. The number of ether oxygens (including phenoxy) is 1. The summed E-state index contributed by atoms with van der Waals surface area (Å²) in [5.74, 6) is 1.78. The van der Waals surface area contributed by atoms with Crippen molar-refractivity contribution in [1.82, 2.24) is 19.5 Å². The summed E-state index contributed by atoms with van der Waals surface area (Å²) in [4.78, 5) is 13.4. The summed E-state index contributed by atoms with van der Waals surface area (Å²) in [5.41, 5.74) is 3.80. The van der Waals surface area contributed by atoms with E-state index in [9.17, 15) is 0 Å². The average Bonchev–Trinajstić information content (AvgIpc) is 3.00. The smallest absolute Gasteiger partial charge is 0.164 e. The van der Waals surface area contributed by atoms with E-state index in [4.69, 9.17) is 9.72 Å². The molecule has 0 unspecified atom stereocenters. The molecular weight excluding hydrogens is 300 g/mol.